The second-order valence-corrected chi connectivity index (χ2v) is 3.93. The third-order valence-electron chi connectivity index (χ3n) is 2.12. The number of hydrogen-bond acceptors (Lipinski definition) is 4. The maximum absolute atomic E-state index is 11.9. The molecule has 0 aromatic carbocycles. The molecule has 1 aromatic rings. The van der Waals surface area contributed by atoms with Gasteiger partial charge in [0.05, 0.1) is 12.5 Å². The van der Waals surface area contributed by atoms with Crippen molar-refractivity contribution in [1.82, 2.24) is 10.1 Å². The average molecular weight is 237 g/mol. The highest BCUT2D eigenvalue weighted by Gasteiger charge is 2.28. The topological polar surface area (TPSA) is 64.9 Å². The number of nitrogens with two attached hydrogens (primary N) is 1. The maximum atomic E-state index is 11.9. The first-order valence-electron chi connectivity index (χ1n) is 4.94. The molecule has 0 saturated carbocycles. The van der Waals surface area contributed by atoms with Crippen LogP contribution in [0.1, 0.15) is 38.0 Å². The van der Waals surface area contributed by atoms with Crippen molar-refractivity contribution >= 4 is 0 Å². The van der Waals surface area contributed by atoms with Crippen molar-refractivity contribution in [3.8, 4) is 0 Å². The van der Waals surface area contributed by atoms with E-state index in [4.69, 9.17) is 10.3 Å². The molecule has 0 radical (unpaired) electrons. The van der Waals surface area contributed by atoms with Crippen LogP contribution in [-0.2, 0) is 6.42 Å². The van der Waals surface area contributed by atoms with Crippen molar-refractivity contribution in [2.45, 2.75) is 38.9 Å². The zero-order valence-electron chi connectivity index (χ0n) is 9.08. The molecule has 1 heterocycles. The number of halogens is 3. The summed E-state index contributed by atoms with van der Waals surface area (Å²) in [5.74, 6) is 0.325. The molecule has 1 aromatic heterocycles. The summed E-state index contributed by atoms with van der Waals surface area (Å²) in [5, 5.41) is 3.46. The number of nitrogens with zero attached hydrogens (tertiary/aromatic N) is 2. The normalized spacial score (nSPS) is 14.4. The lowest BCUT2D eigenvalue weighted by Crippen LogP contribution is -2.17. The number of hydrogen-bond donors (Lipinski definition) is 1. The highest BCUT2D eigenvalue weighted by atomic mass is 19.4. The van der Waals surface area contributed by atoms with Crippen LogP contribution in [0.25, 0.3) is 0 Å². The molecule has 0 aliphatic carbocycles. The number of rotatable bonds is 4. The zero-order valence-corrected chi connectivity index (χ0v) is 9.08. The molecule has 2 N–H and O–H groups in total. The molecule has 92 valence electrons. The van der Waals surface area contributed by atoms with Crippen LogP contribution < -0.4 is 5.73 Å². The van der Waals surface area contributed by atoms with Crippen molar-refractivity contribution in [1.29, 1.82) is 0 Å². The van der Waals surface area contributed by atoms with Crippen molar-refractivity contribution in [3.05, 3.63) is 11.7 Å². The van der Waals surface area contributed by atoms with Gasteiger partial charge in [-0.15, -0.1) is 0 Å². The van der Waals surface area contributed by atoms with E-state index >= 15 is 0 Å². The largest absolute Gasteiger partial charge is 0.389 e. The maximum Gasteiger partial charge on any atom is 0.389 e. The molecular formula is C9H14F3N3O. The third-order valence-corrected chi connectivity index (χ3v) is 2.12. The van der Waals surface area contributed by atoms with Crippen LogP contribution in [0.15, 0.2) is 4.52 Å². The lowest BCUT2D eigenvalue weighted by molar-refractivity contribution is -0.134. The monoisotopic (exact) mass is 237 g/mol. The van der Waals surface area contributed by atoms with E-state index in [0.717, 1.165) is 0 Å². The van der Waals surface area contributed by atoms with E-state index in [1.54, 1.807) is 0 Å². The number of alkyl halides is 3. The predicted octanol–water partition coefficient (Wildman–Crippen LogP) is 2.22. The fourth-order valence-corrected chi connectivity index (χ4v) is 1.04. The van der Waals surface area contributed by atoms with E-state index < -0.39 is 18.6 Å². The highest BCUT2D eigenvalue weighted by molar-refractivity contribution is 4.93. The van der Waals surface area contributed by atoms with E-state index in [1.165, 1.54) is 0 Å². The third kappa shape index (κ3) is 3.80. The Hall–Kier alpha value is -1.11. The minimum atomic E-state index is -4.21. The summed E-state index contributed by atoms with van der Waals surface area (Å²) in [6.07, 6.45) is -5.44. The number of aromatic nitrogens is 2. The Kier molecular flexibility index (Phi) is 3.90. The quantitative estimate of drug-likeness (QED) is 0.872. The van der Waals surface area contributed by atoms with Crippen molar-refractivity contribution in [3.63, 3.8) is 0 Å². The molecule has 0 fully saturated rings. The van der Waals surface area contributed by atoms with E-state index in [0.29, 0.717) is 0 Å². The van der Waals surface area contributed by atoms with Gasteiger partial charge in [-0.3, -0.25) is 0 Å². The van der Waals surface area contributed by atoms with Gasteiger partial charge in [-0.1, -0.05) is 19.0 Å². The molecule has 1 atom stereocenters. The Morgan fingerprint density at radius 1 is 1.38 bits per heavy atom. The summed E-state index contributed by atoms with van der Waals surface area (Å²) in [5.41, 5.74) is 5.71. The van der Waals surface area contributed by atoms with Crippen LogP contribution in [0.2, 0.25) is 0 Å². The molecule has 16 heavy (non-hydrogen) atoms. The second-order valence-electron chi connectivity index (χ2n) is 3.93. The van der Waals surface area contributed by atoms with Crippen molar-refractivity contribution in [2.24, 2.45) is 11.7 Å². The summed E-state index contributed by atoms with van der Waals surface area (Å²) in [6, 6.07) is -0.438. The fourth-order valence-electron chi connectivity index (χ4n) is 1.04. The van der Waals surface area contributed by atoms with Gasteiger partial charge in [-0.05, 0) is 5.92 Å². The average Bonchev–Trinajstić information content (AvgIpc) is 2.60. The van der Waals surface area contributed by atoms with Crippen LogP contribution in [0.4, 0.5) is 13.2 Å². The fraction of sp³-hybridized carbons (Fsp3) is 0.778. The van der Waals surface area contributed by atoms with Gasteiger partial charge >= 0.3 is 6.18 Å². The van der Waals surface area contributed by atoms with E-state index in [2.05, 4.69) is 10.1 Å². The van der Waals surface area contributed by atoms with Gasteiger partial charge < -0.3 is 10.3 Å². The summed E-state index contributed by atoms with van der Waals surface area (Å²) >= 11 is 0. The first kappa shape index (κ1) is 13.0. The number of aryl methyl sites for hydroxylation is 1. The van der Waals surface area contributed by atoms with Crippen LogP contribution in [0, 0.1) is 5.92 Å². The first-order chi connectivity index (χ1) is 7.29. The Labute approximate surface area is 91.0 Å². The van der Waals surface area contributed by atoms with Crippen LogP contribution in [0.3, 0.4) is 0 Å². The zero-order chi connectivity index (χ0) is 12.3. The first-order valence-corrected chi connectivity index (χ1v) is 4.94. The molecule has 0 unspecified atom stereocenters. The summed E-state index contributed by atoms with van der Waals surface area (Å²) in [7, 11) is 0. The molecule has 0 aliphatic rings. The van der Waals surface area contributed by atoms with Gasteiger partial charge in [0, 0.05) is 6.42 Å². The summed E-state index contributed by atoms with van der Waals surface area (Å²) in [4.78, 5) is 3.83. The van der Waals surface area contributed by atoms with Crippen LogP contribution in [-0.4, -0.2) is 16.3 Å². The Bertz CT molecular complexity index is 335. The van der Waals surface area contributed by atoms with E-state index in [-0.39, 0.29) is 24.1 Å². The lowest BCUT2D eigenvalue weighted by Gasteiger charge is -2.09. The second kappa shape index (κ2) is 4.82. The summed E-state index contributed by atoms with van der Waals surface area (Å²) < 4.78 is 40.6. The molecule has 0 saturated heterocycles. The minimum absolute atomic E-state index is 0.0448. The van der Waals surface area contributed by atoms with Crippen molar-refractivity contribution in [2.75, 3.05) is 0 Å². The molecule has 0 aliphatic heterocycles. The van der Waals surface area contributed by atoms with Crippen molar-refractivity contribution < 1.29 is 17.7 Å². The molecule has 0 bridgehead atoms. The lowest BCUT2D eigenvalue weighted by atomic mass is 10.1. The van der Waals surface area contributed by atoms with Gasteiger partial charge in [-0.25, -0.2) is 0 Å². The molecule has 4 nitrogen and oxygen atoms in total. The molecule has 0 amide bonds. The smallest absolute Gasteiger partial charge is 0.338 e. The molecular weight excluding hydrogens is 223 g/mol. The standard InChI is InChI=1S/C9H14F3N3O/c1-5(2)7(13)8-14-6(15-16-8)3-4-9(10,11)12/h5,7H,3-4,13H2,1-2H3/t7-/m0/s1. The van der Waals surface area contributed by atoms with E-state index in [9.17, 15) is 13.2 Å². The highest BCUT2D eigenvalue weighted by Crippen LogP contribution is 2.22. The SMILES string of the molecule is CC(C)[C@H](N)c1nc(CCC(F)(F)F)no1. The molecule has 7 heteroatoms. The van der Waals surface area contributed by atoms with Crippen LogP contribution >= 0.6 is 0 Å². The minimum Gasteiger partial charge on any atom is -0.338 e. The van der Waals surface area contributed by atoms with Gasteiger partial charge in [0.2, 0.25) is 5.89 Å². The Morgan fingerprint density at radius 2 is 2.00 bits per heavy atom. The van der Waals surface area contributed by atoms with Gasteiger partial charge in [0.15, 0.2) is 5.82 Å². The van der Waals surface area contributed by atoms with E-state index in [1.807, 2.05) is 13.8 Å². The Balaban J connectivity index is 2.58. The molecule has 0 spiro atoms. The van der Waals surface area contributed by atoms with Gasteiger partial charge in [-0.2, -0.15) is 18.2 Å². The predicted molar refractivity (Wildman–Crippen MR) is 50.4 cm³/mol. The van der Waals surface area contributed by atoms with Gasteiger partial charge in [0.25, 0.3) is 0 Å². The summed E-state index contributed by atoms with van der Waals surface area (Å²) in [6.45, 7) is 3.73. The molecule has 1 rings (SSSR count). The Morgan fingerprint density at radius 3 is 2.50 bits per heavy atom. The van der Waals surface area contributed by atoms with Crippen LogP contribution in [0.5, 0.6) is 0 Å². The van der Waals surface area contributed by atoms with Gasteiger partial charge in [0.1, 0.15) is 0 Å².